The number of nitrogens with zero attached hydrogens (tertiary/aromatic N) is 1. The molecule has 16 heavy (non-hydrogen) atoms. The summed E-state index contributed by atoms with van der Waals surface area (Å²) in [5, 5.41) is 0. The number of benzene rings is 1. The van der Waals surface area contributed by atoms with E-state index >= 15 is 0 Å². The summed E-state index contributed by atoms with van der Waals surface area (Å²) in [5.74, 6) is -0.912. The molecule has 0 aliphatic heterocycles. The van der Waals surface area contributed by atoms with E-state index in [1.165, 1.54) is 0 Å². The van der Waals surface area contributed by atoms with Gasteiger partial charge in [0.05, 0.1) is 0 Å². The number of rotatable bonds is 4. The normalized spacial score (nSPS) is 13.5. The molecular formula is C12H18F2N2. The van der Waals surface area contributed by atoms with Crippen molar-refractivity contribution in [1.82, 2.24) is 4.90 Å². The molecule has 0 spiro atoms. The highest BCUT2D eigenvalue weighted by molar-refractivity contribution is 5.22. The molecule has 0 aliphatic carbocycles. The molecule has 0 amide bonds. The van der Waals surface area contributed by atoms with Gasteiger partial charge < -0.3 is 10.6 Å². The summed E-state index contributed by atoms with van der Waals surface area (Å²) in [6.07, 6.45) is 0. The van der Waals surface area contributed by atoms with E-state index in [4.69, 9.17) is 5.73 Å². The van der Waals surface area contributed by atoms with Crippen molar-refractivity contribution < 1.29 is 8.78 Å². The first-order chi connectivity index (χ1) is 7.41. The maximum Gasteiger partial charge on any atom is 0.128 e. The van der Waals surface area contributed by atoms with Gasteiger partial charge in [0, 0.05) is 24.2 Å². The van der Waals surface area contributed by atoms with Crippen molar-refractivity contribution in [3.05, 3.63) is 35.4 Å². The SMILES string of the molecule is CC(C)N(C)CC(N)c1cc(F)ccc1F. The highest BCUT2D eigenvalue weighted by Gasteiger charge is 2.15. The third kappa shape index (κ3) is 3.25. The molecule has 2 nitrogen and oxygen atoms in total. The van der Waals surface area contributed by atoms with Crippen LogP contribution in [0.2, 0.25) is 0 Å². The Morgan fingerprint density at radius 3 is 2.50 bits per heavy atom. The molecule has 1 aromatic rings. The molecule has 1 atom stereocenters. The average molecular weight is 228 g/mol. The van der Waals surface area contributed by atoms with Crippen LogP contribution in [0.4, 0.5) is 8.78 Å². The minimum Gasteiger partial charge on any atom is -0.323 e. The van der Waals surface area contributed by atoms with Gasteiger partial charge in [0.25, 0.3) is 0 Å². The van der Waals surface area contributed by atoms with Crippen molar-refractivity contribution >= 4 is 0 Å². The van der Waals surface area contributed by atoms with Crippen molar-refractivity contribution in [2.24, 2.45) is 5.73 Å². The fourth-order valence-electron chi connectivity index (χ4n) is 1.42. The van der Waals surface area contributed by atoms with Gasteiger partial charge in [0.15, 0.2) is 0 Å². The van der Waals surface area contributed by atoms with Gasteiger partial charge in [-0.05, 0) is 39.1 Å². The molecule has 1 aromatic carbocycles. The molecule has 0 bridgehead atoms. The van der Waals surface area contributed by atoms with Crippen molar-refractivity contribution in [1.29, 1.82) is 0 Å². The minimum absolute atomic E-state index is 0.229. The number of likely N-dealkylation sites (N-methyl/N-ethyl adjacent to an activating group) is 1. The average Bonchev–Trinajstić information content (AvgIpc) is 2.21. The monoisotopic (exact) mass is 228 g/mol. The molecule has 1 rings (SSSR count). The molecular weight excluding hydrogens is 210 g/mol. The van der Waals surface area contributed by atoms with Crippen molar-refractivity contribution in [3.8, 4) is 0 Å². The van der Waals surface area contributed by atoms with Gasteiger partial charge in [-0.1, -0.05) is 0 Å². The lowest BCUT2D eigenvalue weighted by molar-refractivity contribution is 0.256. The van der Waals surface area contributed by atoms with Crippen LogP contribution in [0.1, 0.15) is 25.5 Å². The van der Waals surface area contributed by atoms with E-state index in [2.05, 4.69) is 0 Å². The van der Waals surface area contributed by atoms with Crippen LogP contribution in [-0.2, 0) is 0 Å². The summed E-state index contributed by atoms with van der Waals surface area (Å²) in [5.41, 5.74) is 6.08. The lowest BCUT2D eigenvalue weighted by Crippen LogP contribution is -2.34. The first-order valence-electron chi connectivity index (χ1n) is 5.32. The lowest BCUT2D eigenvalue weighted by atomic mass is 10.1. The first-order valence-corrected chi connectivity index (χ1v) is 5.32. The number of nitrogens with two attached hydrogens (primary N) is 1. The Morgan fingerprint density at radius 1 is 1.31 bits per heavy atom. The van der Waals surface area contributed by atoms with Gasteiger partial charge in [-0.15, -0.1) is 0 Å². The second kappa shape index (κ2) is 5.37. The fourth-order valence-corrected chi connectivity index (χ4v) is 1.42. The molecule has 1 unspecified atom stereocenters. The predicted molar refractivity (Wildman–Crippen MR) is 61.1 cm³/mol. The Balaban J connectivity index is 2.80. The highest BCUT2D eigenvalue weighted by Crippen LogP contribution is 2.17. The highest BCUT2D eigenvalue weighted by atomic mass is 19.1. The first kappa shape index (κ1) is 13.1. The zero-order chi connectivity index (χ0) is 12.3. The second-order valence-corrected chi connectivity index (χ2v) is 4.31. The summed E-state index contributed by atoms with van der Waals surface area (Å²) in [6.45, 7) is 4.54. The van der Waals surface area contributed by atoms with E-state index in [1.54, 1.807) is 0 Å². The standard InChI is InChI=1S/C12H18F2N2/c1-8(2)16(3)7-12(15)10-6-9(13)4-5-11(10)14/h4-6,8,12H,7,15H2,1-3H3. The zero-order valence-corrected chi connectivity index (χ0v) is 9.87. The van der Waals surface area contributed by atoms with E-state index in [1.807, 2.05) is 25.8 Å². The summed E-state index contributed by atoms with van der Waals surface area (Å²) >= 11 is 0. The zero-order valence-electron chi connectivity index (χ0n) is 9.87. The summed E-state index contributed by atoms with van der Waals surface area (Å²) in [4.78, 5) is 2.00. The van der Waals surface area contributed by atoms with Gasteiger partial charge in [0.1, 0.15) is 11.6 Å². The van der Waals surface area contributed by atoms with Crippen LogP contribution < -0.4 is 5.73 Å². The Labute approximate surface area is 95.1 Å². The van der Waals surface area contributed by atoms with Gasteiger partial charge in [-0.2, -0.15) is 0 Å². The van der Waals surface area contributed by atoms with Gasteiger partial charge in [-0.3, -0.25) is 0 Å². The van der Waals surface area contributed by atoms with Crippen LogP contribution in [0.15, 0.2) is 18.2 Å². The smallest absolute Gasteiger partial charge is 0.128 e. The minimum atomic E-state index is -0.511. The third-order valence-electron chi connectivity index (χ3n) is 2.72. The molecule has 0 saturated heterocycles. The topological polar surface area (TPSA) is 29.3 Å². The molecule has 90 valence electrons. The van der Waals surface area contributed by atoms with Crippen molar-refractivity contribution in [2.45, 2.75) is 25.9 Å². The molecule has 0 aromatic heterocycles. The van der Waals surface area contributed by atoms with Gasteiger partial charge in [0.2, 0.25) is 0 Å². The molecule has 0 heterocycles. The number of halogens is 2. The van der Waals surface area contributed by atoms with Crippen LogP contribution in [-0.4, -0.2) is 24.5 Å². The number of hydrogen-bond acceptors (Lipinski definition) is 2. The van der Waals surface area contributed by atoms with E-state index in [0.29, 0.717) is 12.6 Å². The van der Waals surface area contributed by atoms with E-state index in [-0.39, 0.29) is 5.56 Å². The van der Waals surface area contributed by atoms with Crippen LogP contribution in [0.25, 0.3) is 0 Å². The van der Waals surface area contributed by atoms with E-state index in [0.717, 1.165) is 18.2 Å². The van der Waals surface area contributed by atoms with Gasteiger partial charge >= 0.3 is 0 Å². The molecule has 0 radical (unpaired) electrons. The Bertz CT molecular complexity index is 353. The molecule has 0 fully saturated rings. The summed E-state index contributed by atoms with van der Waals surface area (Å²) in [7, 11) is 1.90. The third-order valence-corrected chi connectivity index (χ3v) is 2.72. The Hall–Kier alpha value is -1.00. The number of hydrogen-bond donors (Lipinski definition) is 1. The molecule has 0 aliphatic rings. The molecule has 2 N–H and O–H groups in total. The van der Waals surface area contributed by atoms with Crippen LogP contribution >= 0.6 is 0 Å². The Kier molecular flexibility index (Phi) is 4.38. The largest absolute Gasteiger partial charge is 0.323 e. The van der Waals surface area contributed by atoms with Crippen molar-refractivity contribution in [2.75, 3.05) is 13.6 Å². The van der Waals surface area contributed by atoms with Crippen LogP contribution in [0, 0.1) is 11.6 Å². The fraction of sp³-hybridized carbons (Fsp3) is 0.500. The lowest BCUT2D eigenvalue weighted by Gasteiger charge is -2.25. The second-order valence-electron chi connectivity index (χ2n) is 4.31. The molecule has 4 heteroatoms. The predicted octanol–water partition coefficient (Wildman–Crippen LogP) is 2.30. The van der Waals surface area contributed by atoms with Crippen LogP contribution in [0.5, 0.6) is 0 Å². The summed E-state index contributed by atoms with van der Waals surface area (Å²) < 4.78 is 26.4. The van der Waals surface area contributed by atoms with Crippen LogP contribution in [0.3, 0.4) is 0 Å². The molecule has 0 saturated carbocycles. The maximum atomic E-state index is 13.4. The van der Waals surface area contributed by atoms with E-state index in [9.17, 15) is 8.78 Å². The van der Waals surface area contributed by atoms with E-state index < -0.39 is 17.7 Å². The van der Waals surface area contributed by atoms with Crippen molar-refractivity contribution in [3.63, 3.8) is 0 Å². The van der Waals surface area contributed by atoms with Gasteiger partial charge in [-0.25, -0.2) is 8.78 Å². The quantitative estimate of drug-likeness (QED) is 0.856. The summed E-state index contributed by atoms with van der Waals surface area (Å²) in [6, 6.07) is 3.18. The Morgan fingerprint density at radius 2 is 1.94 bits per heavy atom. The maximum absolute atomic E-state index is 13.4.